The Bertz CT molecular complexity index is 930. The highest BCUT2D eigenvalue weighted by atomic mass is 16.6. The van der Waals surface area contributed by atoms with E-state index in [0.717, 1.165) is 0 Å². The van der Waals surface area contributed by atoms with Crippen molar-refractivity contribution in [1.82, 2.24) is 0 Å². The third kappa shape index (κ3) is 2.81. The molecular formula is C19H17NO6. The molecule has 26 heavy (non-hydrogen) atoms. The van der Waals surface area contributed by atoms with Crippen molar-refractivity contribution in [1.29, 1.82) is 0 Å². The van der Waals surface area contributed by atoms with E-state index in [-0.39, 0.29) is 5.69 Å². The van der Waals surface area contributed by atoms with Gasteiger partial charge < -0.3 is 18.3 Å². The number of ether oxygens (including phenoxy) is 2. The van der Waals surface area contributed by atoms with Gasteiger partial charge in [0.15, 0.2) is 11.5 Å². The molecule has 0 atom stereocenters. The van der Waals surface area contributed by atoms with Crippen LogP contribution in [-0.2, 0) is 0 Å². The van der Waals surface area contributed by atoms with E-state index in [1.807, 2.05) is 26.0 Å². The summed E-state index contributed by atoms with van der Waals surface area (Å²) < 4.78 is 22.7. The van der Waals surface area contributed by atoms with Gasteiger partial charge in [0.2, 0.25) is 0 Å². The first kappa shape index (κ1) is 16.3. The number of benzene rings is 1. The van der Waals surface area contributed by atoms with E-state index in [1.165, 1.54) is 6.07 Å². The summed E-state index contributed by atoms with van der Waals surface area (Å²) >= 11 is 0. The summed E-state index contributed by atoms with van der Waals surface area (Å²) in [5.74, 6) is 2.86. The molecule has 1 aromatic carbocycles. The zero-order valence-corrected chi connectivity index (χ0v) is 14.4. The van der Waals surface area contributed by atoms with Crippen LogP contribution in [0.25, 0.3) is 0 Å². The van der Waals surface area contributed by atoms with Crippen LogP contribution in [0, 0.1) is 24.0 Å². The average molecular weight is 355 g/mol. The van der Waals surface area contributed by atoms with Gasteiger partial charge in [0.1, 0.15) is 42.2 Å². The summed E-state index contributed by atoms with van der Waals surface area (Å²) in [5, 5.41) is 11.7. The van der Waals surface area contributed by atoms with Crippen LogP contribution in [0.5, 0.6) is 11.5 Å². The average Bonchev–Trinajstić information content (AvgIpc) is 3.23. The van der Waals surface area contributed by atoms with Crippen LogP contribution >= 0.6 is 0 Å². The van der Waals surface area contributed by atoms with Gasteiger partial charge in [-0.25, -0.2) is 0 Å². The van der Waals surface area contributed by atoms with E-state index in [1.54, 1.807) is 18.2 Å². The van der Waals surface area contributed by atoms with E-state index in [4.69, 9.17) is 18.3 Å². The summed E-state index contributed by atoms with van der Waals surface area (Å²) in [7, 11) is 0. The first-order chi connectivity index (χ1) is 12.5. The molecule has 7 heteroatoms. The molecule has 7 nitrogen and oxygen atoms in total. The van der Waals surface area contributed by atoms with Crippen LogP contribution in [0.3, 0.4) is 0 Å². The monoisotopic (exact) mass is 355 g/mol. The highest BCUT2D eigenvalue weighted by Gasteiger charge is 2.32. The smallest absolute Gasteiger partial charge is 0.277 e. The lowest BCUT2D eigenvalue weighted by molar-refractivity contribution is -0.385. The number of hydrogen-bond donors (Lipinski definition) is 0. The van der Waals surface area contributed by atoms with E-state index in [2.05, 4.69) is 0 Å². The minimum absolute atomic E-state index is 0.0673. The number of furan rings is 2. The lowest BCUT2D eigenvalue weighted by Gasteiger charge is -2.21. The van der Waals surface area contributed by atoms with Gasteiger partial charge >= 0.3 is 0 Å². The number of rotatable bonds is 4. The van der Waals surface area contributed by atoms with Crippen molar-refractivity contribution in [3.05, 3.63) is 75.1 Å². The standard InChI is InChI=1S/C19H17NO6/c1-11-3-5-15(25-11)19(16-6-4-12(2)26-16)13-9-17-18(24-8-7-23-17)10-14(13)20(21)22/h3-6,9-10,19H,7-8H2,1-2H3. The van der Waals surface area contributed by atoms with Gasteiger partial charge in [0.25, 0.3) is 5.69 Å². The molecule has 1 aliphatic heterocycles. The fourth-order valence-corrected chi connectivity index (χ4v) is 3.15. The molecule has 0 spiro atoms. The predicted octanol–water partition coefficient (Wildman–Crippen LogP) is 4.35. The molecule has 3 aromatic rings. The largest absolute Gasteiger partial charge is 0.486 e. The fourth-order valence-electron chi connectivity index (χ4n) is 3.15. The van der Waals surface area contributed by atoms with Crippen LogP contribution in [0.15, 0.2) is 45.2 Å². The Kier molecular flexibility index (Phi) is 3.91. The molecule has 0 amide bonds. The van der Waals surface area contributed by atoms with E-state index in [0.29, 0.717) is 53.3 Å². The zero-order valence-electron chi connectivity index (χ0n) is 14.4. The number of nitro benzene ring substituents is 1. The predicted molar refractivity (Wildman–Crippen MR) is 91.9 cm³/mol. The first-order valence-corrected chi connectivity index (χ1v) is 8.23. The number of hydrogen-bond acceptors (Lipinski definition) is 6. The van der Waals surface area contributed by atoms with Crippen molar-refractivity contribution >= 4 is 5.69 Å². The topological polar surface area (TPSA) is 87.9 Å². The maximum Gasteiger partial charge on any atom is 0.277 e. The van der Waals surface area contributed by atoms with Gasteiger partial charge in [-0.1, -0.05) is 0 Å². The molecule has 0 radical (unpaired) electrons. The summed E-state index contributed by atoms with van der Waals surface area (Å²) in [6, 6.07) is 10.3. The summed E-state index contributed by atoms with van der Waals surface area (Å²) in [6.45, 7) is 4.41. The lowest BCUT2D eigenvalue weighted by atomic mass is 9.92. The van der Waals surface area contributed by atoms with Gasteiger partial charge in [0.05, 0.1) is 16.6 Å². The van der Waals surface area contributed by atoms with Crippen LogP contribution in [-0.4, -0.2) is 18.1 Å². The van der Waals surface area contributed by atoms with Gasteiger partial charge in [-0.15, -0.1) is 0 Å². The molecule has 4 rings (SSSR count). The summed E-state index contributed by atoms with van der Waals surface area (Å²) in [4.78, 5) is 11.3. The van der Waals surface area contributed by atoms with Crippen molar-refractivity contribution in [2.24, 2.45) is 0 Å². The van der Waals surface area contributed by atoms with Crippen molar-refractivity contribution < 1.29 is 23.2 Å². The number of nitro groups is 1. The van der Waals surface area contributed by atoms with E-state index < -0.39 is 10.8 Å². The Morgan fingerprint density at radius 3 is 1.92 bits per heavy atom. The zero-order chi connectivity index (χ0) is 18.3. The number of aryl methyl sites for hydroxylation is 2. The van der Waals surface area contributed by atoms with Crippen LogP contribution in [0.4, 0.5) is 5.69 Å². The maximum atomic E-state index is 11.7. The van der Waals surface area contributed by atoms with Crippen molar-refractivity contribution in [3.8, 4) is 11.5 Å². The highest BCUT2D eigenvalue weighted by Crippen LogP contribution is 2.44. The van der Waals surface area contributed by atoms with Gasteiger partial charge in [0, 0.05) is 0 Å². The Morgan fingerprint density at radius 1 is 0.923 bits per heavy atom. The lowest BCUT2D eigenvalue weighted by Crippen LogP contribution is -2.16. The second kappa shape index (κ2) is 6.25. The molecule has 0 unspecified atom stereocenters. The normalized spacial score (nSPS) is 13.2. The van der Waals surface area contributed by atoms with Crippen LogP contribution in [0.1, 0.15) is 34.5 Å². The second-order valence-electron chi connectivity index (χ2n) is 6.14. The third-order valence-electron chi connectivity index (χ3n) is 4.29. The molecule has 3 heterocycles. The van der Waals surface area contributed by atoms with Crippen LogP contribution < -0.4 is 9.47 Å². The molecule has 0 N–H and O–H groups in total. The Balaban J connectivity index is 1.94. The highest BCUT2D eigenvalue weighted by molar-refractivity contribution is 5.59. The summed E-state index contributed by atoms with van der Waals surface area (Å²) in [5.41, 5.74) is 0.366. The van der Waals surface area contributed by atoms with Crippen molar-refractivity contribution in [2.75, 3.05) is 13.2 Å². The first-order valence-electron chi connectivity index (χ1n) is 8.23. The van der Waals surface area contributed by atoms with Gasteiger partial charge in [-0.3, -0.25) is 10.1 Å². The van der Waals surface area contributed by atoms with Crippen molar-refractivity contribution in [3.63, 3.8) is 0 Å². The Hall–Kier alpha value is -3.22. The maximum absolute atomic E-state index is 11.7. The van der Waals surface area contributed by atoms with Gasteiger partial charge in [-0.2, -0.15) is 0 Å². The van der Waals surface area contributed by atoms with Gasteiger partial charge in [-0.05, 0) is 44.2 Å². The molecule has 0 fully saturated rings. The van der Waals surface area contributed by atoms with E-state index >= 15 is 0 Å². The van der Waals surface area contributed by atoms with Crippen molar-refractivity contribution in [2.45, 2.75) is 19.8 Å². The van der Waals surface area contributed by atoms with E-state index in [9.17, 15) is 10.1 Å². The molecule has 1 aliphatic rings. The third-order valence-corrected chi connectivity index (χ3v) is 4.29. The second-order valence-corrected chi connectivity index (χ2v) is 6.14. The molecule has 0 aliphatic carbocycles. The SMILES string of the molecule is Cc1ccc(C(c2ccc(C)o2)c2cc3c(cc2[N+](=O)[O-])OCCO3)o1. The number of fused-ring (bicyclic) bond motifs is 1. The fraction of sp³-hybridized carbons (Fsp3) is 0.263. The minimum Gasteiger partial charge on any atom is -0.486 e. The molecular weight excluding hydrogens is 338 g/mol. The Morgan fingerprint density at radius 2 is 1.46 bits per heavy atom. The van der Waals surface area contributed by atoms with Crippen LogP contribution in [0.2, 0.25) is 0 Å². The molecule has 2 aromatic heterocycles. The molecule has 134 valence electrons. The molecule has 0 saturated carbocycles. The molecule has 0 saturated heterocycles. The Labute approximate surface area is 149 Å². The quantitative estimate of drug-likeness (QED) is 0.511. The minimum atomic E-state index is -0.561. The molecule has 0 bridgehead atoms. The number of nitrogens with zero attached hydrogens (tertiary/aromatic N) is 1. The summed E-state index contributed by atoms with van der Waals surface area (Å²) in [6.07, 6.45) is 0.